The fraction of sp³-hybridized carbons (Fsp3) is 0.167. The zero-order valence-electron chi connectivity index (χ0n) is 16.4. The van der Waals surface area contributed by atoms with Gasteiger partial charge in [0.05, 0.1) is 0 Å². The van der Waals surface area contributed by atoms with E-state index in [-0.39, 0.29) is 11.8 Å². The molecule has 2 amide bonds. The number of carbonyl (C=O) groups excluding carboxylic acids is 2. The largest absolute Gasteiger partial charge is 0.322 e. The second-order valence-corrected chi connectivity index (χ2v) is 6.74. The first-order valence-corrected chi connectivity index (χ1v) is 9.35. The summed E-state index contributed by atoms with van der Waals surface area (Å²) in [5.74, 6) is -0.360. The minimum absolute atomic E-state index is 0.126. The van der Waals surface area contributed by atoms with Crippen LogP contribution >= 0.6 is 0 Å². The van der Waals surface area contributed by atoms with Gasteiger partial charge in [0.1, 0.15) is 0 Å². The maximum absolute atomic E-state index is 13.1. The summed E-state index contributed by atoms with van der Waals surface area (Å²) in [6, 6.07) is 22.3. The van der Waals surface area contributed by atoms with Crippen molar-refractivity contribution in [3.63, 3.8) is 0 Å². The number of hydrogen-bond donors (Lipinski definition) is 1. The Morgan fingerprint density at radius 1 is 0.857 bits per heavy atom. The summed E-state index contributed by atoms with van der Waals surface area (Å²) >= 11 is 0. The number of anilines is 2. The molecule has 4 heteroatoms. The van der Waals surface area contributed by atoms with E-state index >= 15 is 0 Å². The number of aryl methyl sites for hydroxylation is 2. The third kappa shape index (κ3) is 4.29. The van der Waals surface area contributed by atoms with E-state index in [1.165, 1.54) is 0 Å². The van der Waals surface area contributed by atoms with Crippen LogP contribution in [0.5, 0.6) is 0 Å². The van der Waals surface area contributed by atoms with Crippen LogP contribution < -0.4 is 10.2 Å². The number of nitrogens with zero attached hydrogens (tertiary/aromatic N) is 1. The predicted molar refractivity (Wildman–Crippen MR) is 114 cm³/mol. The van der Waals surface area contributed by atoms with Crippen LogP contribution in [0.4, 0.5) is 11.4 Å². The Balaban J connectivity index is 1.84. The van der Waals surface area contributed by atoms with Crippen molar-refractivity contribution in [2.75, 3.05) is 16.8 Å². The Morgan fingerprint density at radius 3 is 2.29 bits per heavy atom. The van der Waals surface area contributed by atoms with Gasteiger partial charge in [0, 0.05) is 29.0 Å². The fourth-order valence-corrected chi connectivity index (χ4v) is 3.10. The van der Waals surface area contributed by atoms with Crippen LogP contribution in [-0.4, -0.2) is 18.4 Å². The number of hydrogen-bond acceptors (Lipinski definition) is 2. The normalized spacial score (nSPS) is 10.4. The molecule has 0 spiro atoms. The fourth-order valence-electron chi connectivity index (χ4n) is 3.10. The molecule has 0 atom stereocenters. The molecule has 0 aliphatic carbocycles. The van der Waals surface area contributed by atoms with E-state index in [9.17, 15) is 9.59 Å². The molecule has 3 rings (SSSR count). The molecule has 4 nitrogen and oxygen atoms in total. The second kappa shape index (κ2) is 8.53. The van der Waals surface area contributed by atoms with Gasteiger partial charge in [-0.25, -0.2) is 0 Å². The van der Waals surface area contributed by atoms with Gasteiger partial charge in [-0.05, 0) is 68.3 Å². The molecule has 0 aliphatic rings. The molecule has 142 valence electrons. The van der Waals surface area contributed by atoms with Gasteiger partial charge >= 0.3 is 0 Å². The van der Waals surface area contributed by atoms with Crippen LogP contribution in [0, 0.1) is 13.8 Å². The molecule has 0 unspecified atom stereocenters. The topological polar surface area (TPSA) is 49.4 Å². The molecule has 0 aliphatic heterocycles. The van der Waals surface area contributed by atoms with E-state index in [4.69, 9.17) is 0 Å². The highest BCUT2D eigenvalue weighted by molar-refractivity contribution is 6.09. The molecule has 0 saturated heterocycles. The Morgan fingerprint density at radius 2 is 1.57 bits per heavy atom. The van der Waals surface area contributed by atoms with Crippen molar-refractivity contribution in [3.8, 4) is 0 Å². The average molecular weight is 372 g/mol. The van der Waals surface area contributed by atoms with E-state index in [2.05, 4.69) is 5.32 Å². The second-order valence-electron chi connectivity index (χ2n) is 6.74. The molecule has 0 radical (unpaired) electrons. The molecule has 3 aromatic rings. The molecule has 0 saturated carbocycles. The molecule has 3 aromatic carbocycles. The summed E-state index contributed by atoms with van der Waals surface area (Å²) in [7, 11) is 0. The van der Waals surface area contributed by atoms with E-state index in [1.807, 2.05) is 69.3 Å². The van der Waals surface area contributed by atoms with Crippen molar-refractivity contribution in [2.24, 2.45) is 0 Å². The monoisotopic (exact) mass is 372 g/mol. The molecule has 28 heavy (non-hydrogen) atoms. The number of nitrogens with one attached hydrogen (secondary N) is 1. The highest BCUT2D eigenvalue weighted by atomic mass is 16.2. The third-order valence-electron chi connectivity index (χ3n) is 4.64. The van der Waals surface area contributed by atoms with Crippen LogP contribution in [0.2, 0.25) is 0 Å². The lowest BCUT2D eigenvalue weighted by Crippen LogP contribution is -2.30. The summed E-state index contributed by atoms with van der Waals surface area (Å²) in [5, 5.41) is 2.91. The quantitative estimate of drug-likeness (QED) is 0.667. The molecule has 0 aromatic heterocycles. The van der Waals surface area contributed by atoms with Gasteiger partial charge in [-0.3, -0.25) is 9.59 Å². The van der Waals surface area contributed by atoms with Crippen molar-refractivity contribution >= 4 is 23.2 Å². The van der Waals surface area contributed by atoms with Gasteiger partial charge in [0.15, 0.2) is 0 Å². The van der Waals surface area contributed by atoms with Crippen molar-refractivity contribution in [3.05, 3.63) is 95.1 Å². The SMILES string of the molecule is CCN(C(=O)c1cccc(C(=O)Nc2ccccc2C)c1)c1cccc(C)c1. The zero-order chi connectivity index (χ0) is 20.1. The number of benzene rings is 3. The summed E-state index contributed by atoms with van der Waals surface area (Å²) in [4.78, 5) is 27.4. The summed E-state index contributed by atoms with van der Waals surface area (Å²) in [6.45, 7) is 6.42. The first kappa shape index (κ1) is 19.4. The van der Waals surface area contributed by atoms with Crippen LogP contribution in [0.1, 0.15) is 38.8 Å². The van der Waals surface area contributed by atoms with Crippen LogP contribution in [0.15, 0.2) is 72.8 Å². The van der Waals surface area contributed by atoms with Crippen LogP contribution in [-0.2, 0) is 0 Å². The number of amides is 2. The van der Waals surface area contributed by atoms with Crippen molar-refractivity contribution < 1.29 is 9.59 Å². The first-order chi connectivity index (χ1) is 13.5. The lowest BCUT2D eigenvalue weighted by atomic mass is 10.1. The number of para-hydroxylation sites is 1. The molecular formula is C24H24N2O2. The van der Waals surface area contributed by atoms with E-state index in [0.29, 0.717) is 17.7 Å². The Bertz CT molecular complexity index is 1010. The minimum Gasteiger partial charge on any atom is -0.322 e. The van der Waals surface area contributed by atoms with Gasteiger partial charge in [-0.15, -0.1) is 0 Å². The van der Waals surface area contributed by atoms with Crippen LogP contribution in [0.25, 0.3) is 0 Å². The van der Waals surface area contributed by atoms with E-state index < -0.39 is 0 Å². The van der Waals surface area contributed by atoms with Gasteiger partial charge in [-0.1, -0.05) is 36.4 Å². The van der Waals surface area contributed by atoms with Gasteiger partial charge in [-0.2, -0.15) is 0 Å². The molecule has 0 bridgehead atoms. The van der Waals surface area contributed by atoms with Gasteiger partial charge in [0.25, 0.3) is 11.8 Å². The summed E-state index contributed by atoms with van der Waals surface area (Å²) in [6.07, 6.45) is 0. The Kier molecular flexibility index (Phi) is 5.90. The zero-order valence-corrected chi connectivity index (χ0v) is 16.4. The Labute approximate surface area is 165 Å². The number of carbonyl (C=O) groups is 2. The molecule has 1 N–H and O–H groups in total. The third-order valence-corrected chi connectivity index (χ3v) is 4.64. The highest BCUT2D eigenvalue weighted by Crippen LogP contribution is 2.20. The smallest absolute Gasteiger partial charge is 0.258 e. The van der Waals surface area contributed by atoms with E-state index in [0.717, 1.165) is 22.5 Å². The van der Waals surface area contributed by atoms with Crippen molar-refractivity contribution in [1.82, 2.24) is 0 Å². The maximum Gasteiger partial charge on any atom is 0.258 e. The van der Waals surface area contributed by atoms with Gasteiger partial charge < -0.3 is 10.2 Å². The standard InChI is InChI=1S/C24H24N2O2/c1-4-26(21-13-7-9-17(2)15-21)24(28)20-12-8-11-19(16-20)23(27)25-22-14-6-5-10-18(22)3/h5-16H,4H2,1-3H3,(H,25,27). The van der Waals surface area contributed by atoms with Crippen molar-refractivity contribution in [1.29, 1.82) is 0 Å². The average Bonchev–Trinajstić information content (AvgIpc) is 2.70. The summed E-state index contributed by atoms with van der Waals surface area (Å²) in [5.41, 5.74) is 4.63. The predicted octanol–water partition coefficient (Wildman–Crippen LogP) is 5.22. The highest BCUT2D eigenvalue weighted by Gasteiger charge is 2.18. The van der Waals surface area contributed by atoms with Crippen molar-refractivity contribution in [2.45, 2.75) is 20.8 Å². The number of rotatable bonds is 5. The lowest BCUT2D eigenvalue weighted by Gasteiger charge is -2.22. The lowest BCUT2D eigenvalue weighted by molar-refractivity contribution is 0.0988. The minimum atomic E-state index is -0.234. The Hall–Kier alpha value is -3.40. The molecule has 0 fully saturated rings. The molecular weight excluding hydrogens is 348 g/mol. The first-order valence-electron chi connectivity index (χ1n) is 9.35. The van der Waals surface area contributed by atoms with E-state index in [1.54, 1.807) is 29.2 Å². The summed E-state index contributed by atoms with van der Waals surface area (Å²) < 4.78 is 0. The van der Waals surface area contributed by atoms with Crippen LogP contribution in [0.3, 0.4) is 0 Å². The van der Waals surface area contributed by atoms with Gasteiger partial charge in [0.2, 0.25) is 0 Å². The maximum atomic E-state index is 13.1. The molecule has 0 heterocycles.